The Morgan fingerprint density at radius 3 is 2.50 bits per heavy atom. The van der Waals surface area contributed by atoms with Crippen molar-refractivity contribution in [2.75, 3.05) is 43.0 Å². The molecule has 40 heavy (non-hydrogen) atoms. The van der Waals surface area contributed by atoms with E-state index in [0.717, 1.165) is 51.1 Å². The number of nitrogens with two attached hydrogens (primary N) is 1. The van der Waals surface area contributed by atoms with E-state index in [2.05, 4.69) is 10.2 Å². The van der Waals surface area contributed by atoms with E-state index in [1.54, 1.807) is 48.5 Å². The van der Waals surface area contributed by atoms with Gasteiger partial charge in [0.25, 0.3) is 5.91 Å². The van der Waals surface area contributed by atoms with Crippen molar-refractivity contribution in [3.05, 3.63) is 53.6 Å². The van der Waals surface area contributed by atoms with Crippen molar-refractivity contribution >= 4 is 58.0 Å². The minimum Gasteiger partial charge on any atom is -0.494 e. The molecular weight excluding hydrogens is 550 g/mol. The maximum absolute atomic E-state index is 13.6. The maximum Gasteiger partial charge on any atom is 0.256 e. The fourth-order valence-electron chi connectivity index (χ4n) is 5.09. The number of rotatable bonds is 12. The summed E-state index contributed by atoms with van der Waals surface area (Å²) in [6.45, 7) is 5.58. The van der Waals surface area contributed by atoms with Crippen LogP contribution in [0.25, 0.3) is 0 Å². The molecule has 0 spiro atoms. The van der Waals surface area contributed by atoms with Crippen molar-refractivity contribution in [2.24, 2.45) is 11.7 Å². The summed E-state index contributed by atoms with van der Waals surface area (Å²) in [5, 5.41) is 3.74. The van der Waals surface area contributed by atoms with Crippen LogP contribution in [0.4, 0.5) is 11.4 Å². The molecule has 0 bridgehead atoms. The fraction of sp³-hybridized carbons (Fsp3) is 0.448. The van der Waals surface area contributed by atoms with Gasteiger partial charge in [-0.1, -0.05) is 24.6 Å². The van der Waals surface area contributed by atoms with Crippen molar-refractivity contribution in [2.45, 2.75) is 45.1 Å². The first-order valence-electron chi connectivity index (χ1n) is 13.7. The van der Waals surface area contributed by atoms with E-state index in [0.29, 0.717) is 34.7 Å². The molecule has 1 atom stereocenters. The Labute approximate surface area is 245 Å². The largest absolute Gasteiger partial charge is 0.494 e. The molecule has 2 aliphatic heterocycles. The number of ether oxygens (including phenoxy) is 1. The zero-order valence-corrected chi connectivity index (χ0v) is 24.3. The molecule has 2 aliphatic rings. The first-order valence-corrected chi connectivity index (χ1v) is 14.5. The summed E-state index contributed by atoms with van der Waals surface area (Å²) >= 11 is 12.0. The number of hydrogen-bond acceptors (Lipinski definition) is 6. The van der Waals surface area contributed by atoms with Crippen molar-refractivity contribution in [1.29, 1.82) is 0 Å². The summed E-state index contributed by atoms with van der Waals surface area (Å²) < 4.78 is 5.60. The van der Waals surface area contributed by atoms with Gasteiger partial charge in [0.2, 0.25) is 11.8 Å². The number of benzene rings is 2. The van der Waals surface area contributed by atoms with Gasteiger partial charge in [0.15, 0.2) is 5.11 Å². The molecule has 2 fully saturated rings. The lowest BCUT2D eigenvalue weighted by Gasteiger charge is -2.31. The van der Waals surface area contributed by atoms with Crippen LogP contribution in [0.1, 0.15) is 39.0 Å². The average Bonchev–Trinajstić information content (AvgIpc) is 3.16. The normalized spacial score (nSPS) is 18.3. The lowest BCUT2D eigenvalue weighted by atomic mass is 9.96. The summed E-state index contributed by atoms with van der Waals surface area (Å²) in [5.74, 6) is -0.0981. The van der Waals surface area contributed by atoms with Crippen LogP contribution in [0.3, 0.4) is 0 Å². The van der Waals surface area contributed by atoms with Crippen LogP contribution in [0.15, 0.2) is 48.5 Å². The molecule has 3 N–H and O–H groups in total. The third kappa shape index (κ3) is 7.50. The van der Waals surface area contributed by atoms with Gasteiger partial charge in [-0.3, -0.25) is 19.3 Å². The number of hydrogen-bond donors (Lipinski definition) is 2. The number of likely N-dealkylation sites (tertiary alicyclic amines) is 1. The van der Waals surface area contributed by atoms with E-state index < -0.39 is 6.04 Å². The Morgan fingerprint density at radius 1 is 1.12 bits per heavy atom. The second kappa shape index (κ2) is 13.9. The third-order valence-electron chi connectivity index (χ3n) is 7.24. The van der Waals surface area contributed by atoms with E-state index in [9.17, 15) is 14.4 Å². The summed E-state index contributed by atoms with van der Waals surface area (Å²) in [7, 11) is 0. The van der Waals surface area contributed by atoms with Crippen LogP contribution in [-0.4, -0.2) is 71.5 Å². The molecule has 0 radical (unpaired) electrons. The van der Waals surface area contributed by atoms with Crippen LogP contribution in [0, 0.1) is 5.92 Å². The molecule has 2 aromatic carbocycles. The summed E-state index contributed by atoms with van der Waals surface area (Å²) in [4.78, 5) is 43.8. The van der Waals surface area contributed by atoms with Crippen LogP contribution in [0.5, 0.6) is 5.75 Å². The molecule has 9 nitrogen and oxygen atoms in total. The molecule has 0 unspecified atom stereocenters. The van der Waals surface area contributed by atoms with Gasteiger partial charge in [-0.2, -0.15) is 0 Å². The molecule has 0 aliphatic carbocycles. The Hall–Kier alpha value is -3.21. The third-order valence-corrected chi connectivity index (χ3v) is 7.89. The van der Waals surface area contributed by atoms with Crippen molar-refractivity contribution in [3.63, 3.8) is 0 Å². The van der Waals surface area contributed by atoms with Crippen molar-refractivity contribution in [1.82, 2.24) is 9.80 Å². The first kappa shape index (κ1) is 29.8. The standard InChI is InChI=1S/C29H36ClN5O4S/c1-2-17-39-24-9-7-22(8-10-24)32-26(36)19-25-28(38)35(23-6-3-5-21(30)18-23)29(40)34(25)14-4-13-33-15-11-20(12-16-33)27(31)37/h3,5-10,18,20,25H,2,4,11-17,19H2,1H3,(H2,31,37)(H,32,36)/t25-/m0/s1. The Kier molecular flexibility index (Phi) is 10.4. The Bertz CT molecular complexity index is 1220. The minimum atomic E-state index is -0.737. The average molecular weight is 586 g/mol. The highest BCUT2D eigenvalue weighted by Crippen LogP contribution is 2.29. The lowest BCUT2D eigenvalue weighted by molar-refractivity contribution is -0.124. The monoisotopic (exact) mass is 585 g/mol. The zero-order valence-electron chi connectivity index (χ0n) is 22.7. The van der Waals surface area contributed by atoms with E-state index in [1.807, 2.05) is 11.8 Å². The molecule has 11 heteroatoms. The van der Waals surface area contributed by atoms with Crippen LogP contribution < -0.4 is 20.7 Å². The summed E-state index contributed by atoms with van der Waals surface area (Å²) in [6, 6.07) is 13.4. The molecule has 4 rings (SSSR count). The van der Waals surface area contributed by atoms with Crippen LogP contribution in [-0.2, 0) is 14.4 Å². The van der Waals surface area contributed by atoms with E-state index in [4.69, 9.17) is 34.3 Å². The molecule has 2 heterocycles. The lowest BCUT2D eigenvalue weighted by Crippen LogP contribution is -2.41. The molecule has 2 aromatic rings. The van der Waals surface area contributed by atoms with Gasteiger partial charge >= 0.3 is 0 Å². The number of nitrogens with zero attached hydrogens (tertiary/aromatic N) is 3. The number of carbonyl (C=O) groups is 3. The Morgan fingerprint density at radius 2 is 1.85 bits per heavy atom. The first-order chi connectivity index (χ1) is 19.3. The Balaban J connectivity index is 1.42. The maximum atomic E-state index is 13.6. The molecular formula is C29H36ClN5O4S. The van der Waals surface area contributed by atoms with Gasteiger partial charge in [-0.05, 0) is 100.0 Å². The SMILES string of the molecule is CCCOc1ccc(NC(=O)C[C@H]2C(=O)N(c3cccc(Cl)c3)C(=S)N2CCCN2CCC(C(N)=O)CC2)cc1. The minimum absolute atomic E-state index is 0.0475. The smallest absolute Gasteiger partial charge is 0.256 e. The topological polar surface area (TPSA) is 108 Å². The number of piperidine rings is 1. The number of halogens is 1. The van der Waals surface area contributed by atoms with E-state index >= 15 is 0 Å². The second-order valence-corrected chi connectivity index (χ2v) is 10.9. The van der Waals surface area contributed by atoms with Gasteiger partial charge in [-0.15, -0.1) is 0 Å². The zero-order chi connectivity index (χ0) is 28.6. The van der Waals surface area contributed by atoms with E-state index in [-0.39, 0.29) is 30.1 Å². The van der Waals surface area contributed by atoms with Crippen LogP contribution in [0.2, 0.25) is 5.02 Å². The van der Waals surface area contributed by atoms with Crippen molar-refractivity contribution < 1.29 is 19.1 Å². The highest BCUT2D eigenvalue weighted by Gasteiger charge is 2.44. The summed E-state index contributed by atoms with van der Waals surface area (Å²) in [6.07, 6.45) is 3.12. The fourth-order valence-corrected chi connectivity index (χ4v) is 5.69. The number of anilines is 2. The predicted molar refractivity (Wildman–Crippen MR) is 160 cm³/mol. The number of nitrogens with one attached hydrogen (secondary N) is 1. The van der Waals surface area contributed by atoms with Crippen LogP contribution >= 0.6 is 23.8 Å². The quantitative estimate of drug-likeness (QED) is 0.362. The summed E-state index contributed by atoms with van der Waals surface area (Å²) in [5.41, 5.74) is 6.66. The second-order valence-electron chi connectivity index (χ2n) is 10.1. The van der Waals surface area contributed by atoms with Gasteiger partial charge < -0.3 is 25.6 Å². The van der Waals surface area contributed by atoms with Crippen molar-refractivity contribution in [3.8, 4) is 5.75 Å². The molecule has 0 saturated carbocycles. The molecule has 3 amide bonds. The van der Waals surface area contributed by atoms with Gasteiger partial charge in [0.1, 0.15) is 11.8 Å². The number of thiocarbonyl (C=S) groups is 1. The number of amides is 3. The van der Waals surface area contributed by atoms with Gasteiger partial charge in [-0.25, -0.2) is 0 Å². The van der Waals surface area contributed by atoms with E-state index in [1.165, 1.54) is 4.90 Å². The number of carbonyl (C=O) groups excluding carboxylic acids is 3. The molecule has 2 saturated heterocycles. The predicted octanol–water partition coefficient (Wildman–Crippen LogP) is 4.05. The van der Waals surface area contributed by atoms with Gasteiger partial charge in [0.05, 0.1) is 18.7 Å². The molecule has 0 aromatic heterocycles. The highest BCUT2D eigenvalue weighted by atomic mass is 35.5. The van der Waals surface area contributed by atoms with Gasteiger partial charge in [0, 0.05) is 23.2 Å². The molecule has 214 valence electrons. The number of primary amides is 1. The highest BCUT2D eigenvalue weighted by molar-refractivity contribution is 7.80.